The Morgan fingerprint density at radius 3 is 2.43 bits per heavy atom. The molecule has 3 atom stereocenters. The molecule has 1 saturated heterocycles. The summed E-state index contributed by atoms with van der Waals surface area (Å²) in [6.07, 6.45) is 9.41. The van der Waals surface area contributed by atoms with Gasteiger partial charge in [-0.25, -0.2) is 4.98 Å². The maximum absolute atomic E-state index is 9.99. The number of hydrogen-bond donors (Lipinski definition) is 2. The van der Waals surface area contributed by atoms with Crippen molar-refractivity contribution in [3.8, 4) is 0 Å². The zero-order chi connectivity index (χ0) is 19.3. The van der Waals surface area contributed by atoms with Crippen molar-refractivity contribution in [1.82, 2.24) is 19.9 Å². The van der Waals surface area contributed by atoms with Crippen molar-refractivity contribution in [2.45, 2.75) is 30.8 Å². The van der Waals surface area contributed by atoms with Crippen molar-refractivity contribution in [1.29, 1.82) is 0 Å². The molecule has 1 aliphatic heterocycles. The third kappa shape index (κ3) is 3.74. The molecule has 144 valence electrons. The molecule has 0 saturated carbocycles. The van der Waals surface area contributed by atoms with E-state index in [2.05, 4.69) is 32.0 Å². The monoisotopic (exact) mass is 375 g/mol. The molecule has 3 aromatic heterocycles. The molecule has 4 rings (SSSR count). The molecular weight excluding hydrogens is 350 g/mol. The summed E-state index contributed by atoms with van der Waals surface area (Å²) in [5, 5.41) is 9.99. The van der Waals surface area contributed by atoms with E-state index in [9.17, 15) is 5.11 Å². The van der Waals surface area contributed by atoms with Crippen LogP contribution in [0.2, 0.25) is 0 Å². The van der Waals surface area contributed by atoms with Gasteiger partial charge in [0, 0.05) is 42.8 Å². The first kappa shape index (κ1) is 18.5. The Kier molecular flexibility index (Phi) is 5.60. The Bertz CT molecular complexity index is 890. The molecule has 0 aromatic carbocycles. The van der Waals surface area contributed by atoms with E-state index in [0.717, 1.165) is 36.2 Å². The topological polar surface area (TPSA) is 88.2 Å². The first-order valence-electron chi connectivity index (χ1n) is 9.67. The molecule has 0 aliphatic carbocycles. The van der Waals surface area contributed by atoms with Crippen LogP contribution in [0.15, 0.2) is 67.3 Å². The van der Waals surface area contributed by atoms with Crippen LogP contribution in [0.4, 0.5) is 5.82 Å². The summed E-state index contributed by atoms with van der Waals surface area (Å²) in [7, 11) is 0. The van der Waals surface area contributed by atoms with Crippen molar-refractivity contribution in [2.24, 2.45) is 0 Å². The van der Waals surface area contributed by atoms with Crippen LogP contribution in [0, 0.1) is 0 Å². The van der Waals surface area contributed by atoms with Crippen LogP contribution < -0.4 is 5.73 Å². The van der Waals surface area contributed by atoms with E-state index < -0.39 is 0 Å². The van der Waals surface area contributed by atoms with Gasteiger partial charge in [-0.15, -0.1) is 0 Å². The highest BCUT2D eigenvalue weighted by atomic mass is 16.3. The van der Waals surface area contributed by atoms with Gasteiger partial charge in [-0.1, -0.05) is 18.2 Å². The number of aliphatic hydroxyl groups is 1. The number of rotatable bonds is 6. The van der Waals surface area contributed by atoms with E-state index in [-0.39, 0.29) is 24.6 Å². The second-order valence-corrected chi connectivity index (χ2v) is 7.20. The van der Waals surface area contributed by atoms with E-state index in [4.69, 9.17) is 5.73 Å². The second kappa shape index (κ2) is 8.46. The van der Waals surface area contributed by atoms with Crippen LogP contribution in [-0.2, 0) is 0 Å². The molecule has 3 unspecified atom stereocenters. The zero-order valence-corrected chi connectivity index (χ0v) is 15.7. The van der Waals surface area contributed by atoms with Gasteiger partial charge in [0.2, 0.25) is 0 Å². The lowest BCUT2D eigenvalue weighted by atomic mass is 9.84. The summed E-state index contributed by atoms with van der Waals surface area (Å²) in [5.41, 5.74) is 9.09. The number of nitrogens with zero attached hydrogens (tertiary/aromatic N) is 4. The highest BCUT2D eigenvalue weighted by Gasteiger charge is 2.38. The van der Waals surface area contributed by atoms with E-state index in [1.54, 1.807) is 18.5 Å². The lowest BCUT2D eigenvalue weighted by molar-refractivity contribution is 0.109. The molecule has 1 aliphatic rings. The van der Waals surface area contributed by atoms with Gasteiger partial charge in [-0.2, -0.15) is 0 Å². The number of aliphatic hydroxyl groups excluding tert-OH is 1. The number of likely N-dealkylation sites (tertiary alicyclic amines) is 1. The van der Waals surface area contributed by atoms with Crippen LogP contribution in [0.1, 0.15) is 41.6 Å². The Morgan fingerprint density at radius 1 is 1.04 bits per heavy atom. The van der Waals surface area contributed by atoms with Crippen LogP contribution >= 0.6 is 0 Å². The molecule has 4 heterocycles. The SMILES string of the molecule is Nc1cccc(C(c2cccnc2)C(c2cccnc2)N2CCCC2CO)n1. The van der Waals surface area contributed by atoms with Crippen molar-refractivity contribution in [2.75, 3.05) is 18.9 Å². The van der Waals surface area contributed by atoms with Crippen LogP contribution in [-0.4, -0.2) is 44.2 Å². The van der Waals surface area contributed by atoms with Gasteiger partial charge < -0.3 is 10.8 Å². The fourth-order valence-electron chi connectivity index (χ4n) is 4.26. The third-order valence-corrected chi connectivity index (χ3v) is 5.49. The fraction of sp³-hybridized carbons (Fsp3) is 0.318. The lowest BCUT2D eigenvalue weighted by Crippen LogP contribution is -2.39. The van der Waals surface area contributed by atoms with E-state index >= 15 is 0 Å². The lowest BCUT2D eigenvalue weighted by Gasteiger charge is -2.38. The highest BCUT2D eigenvalue weighted by Crippen LogP contribution is 2.42. The summed E-state index contributed by atoms with van der Waals surface area (Å²) in [5.74, 6) is 0.421. The summed E-state index contributed by atoms with van der Waals surface area (Å²) >= 11 is 0. The molecule has 3 aromatic rings. The Balaban J connectivity index is 1.88. The van der Waals surface area contributed by atoms with E-state index in [1.165, 1.54) is 0 Å². The summed E-state index contributed by atoms with van der Waals surface area (Å²) in [6.45, 7) is 1.06. The molecule has 0 amide bonds. The number of anilines is 1. The molecule has 6 nitrogen and oxygen atoms in total. The van der Waals surface area contributed by atoms with Crippen LogP contribution in [0.25, 0.3) is 0 Å². The van der Waals surface area contributed by atoms with E-state index in [0.29, 0.717) is 5.82 Å². The van der Waals surface area contributed by atoms with Gasteiger partial charge in [-0.05, 0) is 54.8 Å². The van der Waals surface area contributed by atoms with Crippen LogP contribution in [0.3, 0.4) is 0 Å². The average Bonchev–Trinajstić information content (AvgIpc) is 3.21. The summed E-state index contributed by atoms with van der Waals surface area (Å²) < 4.78 is 0. The normalized spacial score (nSPS) is 19.4. The third-order valence-electron chi connectivity index (χ3n) is 5.49. The van der Waals surface area contributed by atoms with Gasteiger partial charge in [0.25, 0.3) is 0 Å². The number of aromatic nitrogens is 3. The largest absolute Gasteiger partial charge is 0.395 e. The van der Waals surface area contributed by atoms with Crippen molar-refractivity contribution >= 4 is 5.82 Å². The van der Waals surface area contributed by atoms with Crippen LogP contribution in [0.5, 0.6) is 0 Å². The predicted octanol–water partition coefficient (Wildman–Crippen LogP) is 2.78. The molecule has 28 heavy (non-hydrogen) atoms. The van der Waals surface area contributed by atoms with Crippen molar-refractivity contribution in [3.05, 3.63) is 84.1 Å². The zero-order valence-electron chi connectivity index (χ0n) is 15.7. The molecule has 3 N–H and O–H groups in total. The Hall–Kier alpha value is -2.83. The van der Waals surface area contributed by atoms with Gasteiger partial charge in [-0.3, -0.25) is 14.9 Å². The van der Waals surface area contributed by atoms with Crippen molar-refractivity contribution in [3.63, 3.8) is 0 Å². The minimum absolute atomic E-state index is 0.0214. The minimum atomic E-state index is -0.0754. The summed E-state index contributed by atoms with van der Waals surface area (Å²) in [6, 6.07) is 13.9. The highest BCUT2D eigenvalue weighted by molar-refractivity contribution is 5.37. The van der Waals surface area contributed by atoms with Gasteiger partial charge in [0.15, 0.2) is 0 Å². The van der Waals surface area contributed by atoms with Gasteiger partial charge in [0.05, 0.1) is 12.3 Å². The first-order chi connectivity index (χ1) is 13.8. The smallest absolute Gasteiger partial charge is 0.123 e. The number of nitrogens with two attached hydrogens (primary N) is 1. The first-order valence-corrected chi connectivity index (χ1v) is 9.67. The Morgan fingerprint density at radius 2 is 1.79 bits per heavy atom. The van der Waals surface area contributed by atoms with Crippen molar-refractivity contribution < 1.29 is 5.11 Å². The minimum Gasteiger partial charge on any atom is -0.395 e. The number of pyridine rings is 3. The number of hydrogen-bond acceptors (Lipinski definition) is 6. The summed E-state index contributed by atoms with van der Waals surface area (Å²) in [4.78, 5) is 15.8. The molecule has 6 heteroatoms. The van der Waals surface area contributed by atoms with E-state index in [1.807, 2.05) is 36.7 Å². The maximum atomic E-state index is 9.99. The predicted molar refractivity (Wildman–Crippen MR) is 109 cm³/mol. The average molecular weight is 375 g/mol. The molecule has 0 radical (unpaired) electrons. The van der Waals surface area contributed by atoms with Gasteiger partial charge >= 0.3 is 0 Å². The second-order valence-electron chi connectivity index (χ2n) is 7.20. The molecular formula is C22H25N5O. The fourth-order valence-corrected chi connectivity index (χ4v) is 4.26. The quantitative estimate of drug-likeness (QED) is 0.689. The number of nitrogen functional groups attached to an aromatic ring is 1. The molecule has 0 bridgehead atoms. The Labute approximate surface area is 165 Å². The molecule has 1 fully saturated rings. The standard InChI is InChI=1S/C22H25N5O/c23-20-9-1-8-19(26-20)21(16-5-2-10-24-13-16)22(17-6-3-11-25-14-17)27-12-4-7-18(27)15-28/h1-3,5-6,8-11,13-14,18,21-22,28H,4,7,12,15H2,(H2,23,26). The van der Waals surface area contributed by atoms with Gasteiger partial charge in [0.1, 0.15) is 5.82 Å². The maximum Gasteiger partial charge on any atom is 0.123 e. The molecule has 0 spiro atoms.